The van der Waals surface area contributed by atoms with Crippen molar-refractivity contribution < 1.29 is 23.9 Å². The van der Waals surface area contributed by atoms with Crippen molar-refractivity contribution >= 4 is 50.1 Å². The van der Waals surface area contributed by atoms with Gasteiger partial charge in [0.05, 0.1) is 18.6 Å². The van der Waals surface area contributed by atoms with Crippen molar-refractivity contribution in [3.05, 3.63) is 50.3 Å². The number of amides is 1. The lowest BCUT2D eigenvalue weighted by Gasteiger charge is -2.08. The summed E-state index contributed by atoms with van der Waals surface area (Å²) < 4.78 is 11.1. The highest BCUT2D eigenvalue weighted by Gasteiger charge is 2.28. The van der Waals surface area contributed by atoms with Crippen LogP contribution in [0.3, 0.4) is 0 Å². The van der Waals surface area contributed by atoms with E-state index in [4.69, 9.17) is 9.47 Å². The van der Waals surface area contributed by atoms with Crippen LogP contribution in [0.5, 0.6) is 0 Å². The van der Waals surface area contributed by atoms with Gasteiger partial charge in [-0.2, -0.15) is 0 Å². The second-order valence-electron chi connectivity index (χ2n) is 6.29. The van der Waals surface area contributed by atoms with Gasteiger partial charge in [-0.25, -0.2) is 4.79 Å². The molecule has 1 N–H and O–H groups in total. The van der Waals surface area contributed by atoms with E-state index in [1.807, 2.05) is 24.3 Å². The van der Waals surface area contributed by atoms with Gasteiger partial charge in [-0.05, 0) is 49.4 Å². The van der Waals surface area contributed by atoms with Crippen LogP contribution in [0.1, 0.15) is 39.7 Å². The first-order valence-electron chi connectivity index (χ1n) is 8.99. The number of thiophene rings is 1. The van der Waals surface area contributed by atoms with Crippen LogP contribution < -0.4 is 5.32 Å². The molecule has 2 aromatic rings. The molecule has 0 unspecified atom stereocenters. The minimum absolute atomic E-state index is 0.0853. The molecule has 6 nitrogen and oxygen atoms in total. The largest absolute Gasteiger partial charge is 0.462 e. The lowest BCUT2D eigenvalue weighted by atomic mass is 10.1. The molecule has 1 amide bonds. The van der Waals surface area contributed by atoms with Gasteiger partial charge in [-0.15, -0.1) is 11.3 Å². The molecule has 1 aliphatic carbocycles. The van der Waals surface area contributed by atoms with Gasteiger partial charge >= 0.3 is 11.9 Å². The van der Waals surface area contributed by atoms with Crippen molar-refractivity contribution in [3.8, 4) is 0 Å². The van der Waals surface area contributed by atoms with Crippen molar-refractivity contribution in [1.29, 1.82) is 0 Å². The van der Waals surface area contributed by atoms with Crippen LogP contribution in [-0.4, -0.2) is 31.1 Å². The van der Waals surface area contributed by atoms with Gasteiger partial charge in [0, 0.05) is 9.35 Å². The first-order chi connectivity index (χ1) is 13.5. The molecule has 3 rings (SSSR count). The fourth-order valence-corrected chi connectivity index (χ4v) is 4.60. The van der Waals surface area contributed by atoms with Crippen molar-refractivity contribution in [2.45, 2.75) is 32.6 Å². The Bertz CT molecular complexity index is 891. The zero-order chi connectivity index (χ0) is 20.1. The number of anilines is 1. The maximum atomic E-state index is 12.3. The lowest BCUT2D eigenvalue weighted by molar-refractivity contribution is -0.146. The third kappa shape index (κ3) is 4.99. The number of hydrogen-bond donors (Lipinski definition) is 1. The summed E-state index contributed by atoms with van der Waals surface area (Å²) in [5, 5.41) is 3.17. The third-order valence-electron chi connectivity index (χ3n) is 4.28. The average molecular weight is 466 g/mol. The standard InChI is InChI=1S/C20H20BrNO5S/c1-2-26-20(25)18-14-4-3-5-15(14)28-19(18)22-16(23)11-27-17(24)10-12-6-8-13(21)9-7-12/h6-9H,2-5,10-11H2,1H3,(H,22,23). The quantitative estimate of drug-likeness (QED) is 0.626. The number of aryl methyl sites for hydroxylation is 1. The molecular formula is C20H20BrNO5S. The van der Waals surface area contributed by atoms with E-state index in [9.17, 15) is 14.4 Å². The number of ether oxygens (including phenoxy) is 2. The fourth-order valence-electron chi connectivity index (χ4n) is 3.04. The number of hydrogen-bond acceptors (Lipinski definition) is 6. The minimum Gasteiger partial charge on any atom is -0.462 e. The van der Waals surface area contributed by atoms with Crippen LogP contribution in [0, 0.1) is 0 Å². The molecule has 0 spiro atoms. The van der Waals surface area contributed by atoms with E-state index in [2.05, 4.69) is 21.2 Å². The third-order valence-corrected chi connectivity index (χ3v) is 6.02. The smallest absolute Gasteiger partial charge is 0.341 e. The van der Waals surface area contributed by atoms with Crippen molar-refractivity contribution in [1.82, 2.24) is 0 Å². The maximum absolute atomic E-state index is 12.3. The van der Waals surface area contributed by atoms with Crippen LogP contribution in [0.4, 0.5) is 5.00 Å². The average Bonchev–Trinajstić information content (AvgIpc) is 3.22. The number of halogens is 1. The predicted octanol–water partition coefficient (Wildman–Crippen LogP) is 3.90. The molecule has 1 aromatic carbocycles. The summed E-state index contributed by atoms with van der Waals surface area (Å²) in [4.78, 5) is 37.6. The van der Waals surface area contributed by atoms with Gasteiger partial charge < -0.3 is 14.8 Å². The van der Waals surface area contributed by atoms with E-state index in [-0.39, 0.29) is 13.0 Å². The first kappa shape index (κ1) is 20.5. The number of carbonyl (C=O) groups is 3. The highest BCUT2D eigenvalue weighted by molar-refractivity contribution is 9.10. The van der Waals surface area contributed by atoms with Gasteiger partial charge in [0.2, 0.25) is 0 Å². The molecule has 1 aromatic heterocycles. The van der Waals surface area contributed by atoms with E-state index in [1.54, 1.807) is 6.92 Å². The molecule has 1 aliphatic rings. The van der Waals surface area contributed by atoms with Gasteiger partial charge in [0.25, 0.3) is 5.91 Å². The summed E-state index contributed by atoms with van der Waals surface area (Å²) in [6.45, 7) is 1.61. The van der Waals surface area contributed by atoms with E-state index in [1.165, 1.54) is 11.3 Å². The fraction of sp³-hybridized carbons (Fsp3) is 0.350. The SMILES string of the molecule is CCOC(=O)c1c(NC(=O)COC(=O)Cc2ccc(Br)cc2)sc2c1CCC2. The number of esters is 2. The number of nitrogens with one attached hydrogen (secondary N) is 1. The van der Waals surface area contributed by atoms with Crippen molar-refractivity contribution in [2.24, 2.45) is 0 Å². The highest BCUT2D eigenvalue weighted by Crippen LogP contribution is 2.39. The van der Waals surface area contributed by atoms with E-state index >= 15 is 0 Å². The number of rotatable bonds is 7. The molecule has 0 fully saturated rings. The minimum atomic E-state index is -0.489. The molecule has 0 aliphatic heterocycles. The Morgan fingerprint density at radius 2 is 1.89 bits per heavy atom. The van der Waals surface area contributed by atoms with Crippen LogP contribution in [-0.2, 0) is 38.3 Å². The van der Waals surface area contributed by atoms with E-state index in [0.717, 1.165) is 39.7 Å². The maximum Gasteiger partial charge on any atom is 0.341 e. The topological polar surface area (TPSA) is 81.7 Å². The Hall–Kier alpha value is -2.19. The molecule has 0 atom stereocenters. The van der Waals surface area contributed by atoms with E-state index < -0.39 is 24.5 Å². The number of benzene rings is 1. The molecule has 0 radical (unpaired) electrons. The zero-order valence-corrected chi connectivity index (χ0v) is 17.8. The van der Waals surface area contributed by atoms with E-state index in [0.29, 0.717) is 10.6 Å². The van der Waals surface area contributed by atoms with Crippen LogP contribution >= 0.6 is 27.3 Å². The molecule has 1 heterocycles. The molecule has 8 heteroatoms. The summed E-state index contributed by atoms with van der Waals surface area (Å²) in [6.07, 6.45) is 2.78. The van der Waals surface area contributed by atoms with Crippen molar-refractivity contribution in [2.75, 3.05) is 18.5 Å². The van der Waals surface area contributed by atoms with Crippen molar-refractivity contribution in [3.63, 3.8) is 0 Å². The van der Waals surface area contributed by atoms with Crippen LogP contribution in [0.25, 0.3) is 0 Å². The Balaban J connectivity index is 1.58. The number of carbonyl (C=O) groups excluding carboxylic acids is 3. The van der Waals surface area contributed by atoms with Crippen LogP contribution in [0.15, 0.2) is 28.7 Å². The molecule has 0 saturated carbocycles. The first-order valence-corrected chi connectivity index (χ1v) is 10.6. The molecule has 148 valence electrons. The second-order valence-corrected chi connectivity index (χ2v) is 8.31. The predicted molar refractivity (Wildman–Crippen MR) is 110 cm³/mol. The summed E-state index contributed by atoms with van der Waals surface area (Å²) in [6, 6.07) is 7.29. The monoisotopic (exact) mass is 465 g/mol. The normalized spacial score (nSPS) is 12.4. The molecule has 28 heavy (non-hydrogen) atoms. The summed E-state index contributed by atoms with van der Waals surface area (Å²) in [5.74, 6) is -1.39. The van der Waals surface area contributed by atoms with Gasteiger partial charge in [-0.1, -0.05) is 28.1 Å². The summed E-state index contributed by atoms with van der Waals surface area (Å²) in [7, 11) is 0. The Morgan fingerprint density at radius 1 is 1.14 bits per heavy atom. The second kappa shape index (κ2) is 9.34. The summed E-state index contributed by atoms with van der Waals surface area (Å²) in [5.41, 5.74) is 2.20. The van der Waals surface area contributed by atoms with Gasteiger partial charge in [-0.3, -0.25) is 9.59 Å². The number of fused-ring (bicyclic) bond motifs is 1. The van der Waals surface area contributed by atoms with Crippen LogP contribution in [0.2, 0.25) is 0 Å². The Kier molecular flexibility index (Phi) is 6.85. The zero-order valence-electron chi connectivity index (χ0n) is 15.4. The molecule has 0 saturated heterocycles. The highest BCUT2D eigenvalue weighted by atomic mass is 79.9. The Labute approximate surface area is 175 Å². The van der Waals surface area contributed by atoms with Gasteiger partial charge in [0.1, 0.15) is 5.00 Å². The molecule has 0 bridgehead atoms. The molecular weight excluding hydrogens is 446 g/mol. The summed E-state index contributed by atoms with van der Waals surface area (Å²) >= 11 is 4.73. The lowest BCUT2D eigenvalue weighted by Crippen LogP contribution is -2.22. The van der Waals surface area contributed by atoms with Gasteiger partial charge in [0.15, 0.2) is 6.61 Å². The Morgan fingerprint density at radius 3 is 2.61 bits per heavy atom.